The summed E-state index contributed by atoms with van der Waals surface area (Å²) in [4.78, 5) is 23.8. The zero-order valence-electron chi connectivity index (χ0n) is 18.1. The number of carbonyl (C=O) groups is 1. The summed E-state index contributed by atoms with van der Waals surface area (Å²) in [6, 6.07) is 4.00. The van der Waals surface area contributed by atoms with Gasteiger partial charge in [0, 0.05) is 39.2 Å². The van der Waals surface area contributed by atoms with Gasteiger partial charge in [0.05, 0.1) is 18.2 Å². The van der Waals surface area contributed by atoms with Crippen LogP contribution in [0.5, 0.6) is 0 Å². The number of carbonyl (C=O) groups excluding carboxylic acids is 1. The predicted octanol–water partition coefficient (Wildman–Crippen LogP) is 2.97. The summed E-state index contributed by atoms with van der Waals surface area (Å²) in [5, 5.41) is 10.2. The van der Waals surface area contributed by atoms with E-state index < -0.39 is 5.60 Å². The summed E-state index contributed by atoms with van der Waals surface area (Å²) >= 11 is 0. The highest BCUT2D eigenvalue weighted by molar-refractivity contribution is 5.76. The number of amides is 1. The molecule has 1 aliphatic rings. The lowest BCUT2D eigenvalue weighted by atomic mass is 9.83. The molecular weight excluding hydrogens is 368 g/mol. The third-order valence-corrected chi connectivity index (χ3v) is 6.01. The molecule has 1 unspecified atom stereocenters. The fraction of sp³-hybridized carbons (Fsp3) is 0.682. The van der Waals surface area contributed by atoms with E-state index in [-0.39, 0.29) is 17.9 Å². The Morgan fingerprint density at radius 3 is 2.76 bits per heavy atom. The van der Waals surface area contributed by atoms with E-state index in [1.165, 1.54) is 0 Å². The predicted molar refractivity (Wildman–Crippen MR) is 113 cm³/mol. The lowest BCUT2D eigenvalue weighted by Crippen LogP contribution is -2.44. The largest absolute Gasteiger partial charge is 0.390 e. The molecule has 0 aliphatic carbocycles. The Morgan fingerprint density at radius 2 is 2.10 bits per heavy atom. The number of aryl methyl sites for hydroxylation is 1. The average molecular weight is 403 g/mol. The van der Waals surface area contributed by atoms with E-state index in [9.17, 15) is 9.90 Å². The van der Waals surface area contributed by atoms with Crippen molar-refractivity contribution >= 4 is 17.1 Å². The van der Waals surface area contributed by atoms with Crippen LogP contribution in [0.4, 0.5) is 0 Å². The van der Waals surface area contributed by atoms with Crippen molar-refractivity contribution < 1.29 is 14.6 Å². The van der Waals surface area contributed by atoms with Crippen molar-refractivity contribution in [3.05, 3.63) is 24.2 Å². The van der Waals surface area contributed by atoms with Crippen LogP contribution in [0.25, 0.3) is 11.2 Å². The van der Waals surface area contributed by atoms with Crippen molar-refractivity contribution in [3.63, 3.8) is 0 Å². The lowest BCUT2D eigenvalue weighted by molar-refractivity contribution is -0.134. The van der Waals surface area contributed by atoms with Crippen LogP contribution >= 0.6 is 0 Å². The Balaban J connectivity index is 1.58. The van der Waals surface area contributed by atoms with Crippen LogP contribution in [0.3, 0.4) is 0 Å². The second-order valence-corrected chi connectivity index (χ2v) is 8.71. The molecule has 0 saturated carbocycles. The van der Waals surface area contributed by atoms with E-state index in [0.29, 0.717) is 13.0 Å². The Hall–Kier alpha value is -1.99. The van der Waals surface area contributed by atoms with E-state index in [1.807, 2.05) is 30.9 Å². The molecule has 1 aliphatic heterocycles. The number of pyridine rings is 1. The van der Waals surface area contributed by atoms with Gasteiger partial charge < -0.3 is 19.3 Å². The minimum absolute atomic E-state index is 0.131. The van der Waals surface area contributed by atoms with Gasteiger partial charge in [-0.1, -0.05) is 0 Å². The molecular formula is C22H34N4O3. The minimum atomic E-state index is -0.666. The number of aliphatic hydroxyl groups is 1. The highest BCUT2D eigenvalue weighted by Gasteiger charge is 2.31. The maximum atomic E-state index is 12.6. The van der Waals surface area contributed by atoms with Gasteiger partial charge >= 0.3 is 0 Å². The molecule has 0 aromatic carbocycles. The highest BCUT2D eigenvalue weighted by atomic mass is 16.5. The first-order valence-corrected chi connectivity index (χ1v) is 10.6. The van der Waals surface area contributed by atoms with Gasteiger partial charge in [0.1, 0.15) is 11.3 Å². The molecule has 0 bridgehead atoms. The molecule has 1 saturated heterocycles. The third kappa shape index (κ3) is 5.14. The number of likely N-dealkylation sites (tertiary alicyclic amines) is 1. The van der Waals surface area contributed by atoms with Crippen molar-refractivity contribution in [3.8, 4) is 0 Å². The number of rotatable bonds is 8. The summed E-state index contributed by atoms with van der Waals surface area (Å²) in [5.41, 5.74) is 1.08. The first kappa shape index (κ1) is 21.7. The quantitative estimate of drug-likeness (QED) is 0.734. The van der Waals surface area contributed by atoms with E-state index in [1.54, 1.807) is 13.3 Å². The lowest BCUT2D eigenvalue weighted by Gasteiger charge is -2.37. The number of methoxy groups -OCH3 is 1. The van der Waals surface area contributed by atoms with Crippen LogP contribution in [-0.2, 0) is 16.0 Å². The van der Waals surface area contributed by atoms with E-state index >= 15 is 0 Å². The molecule has 3 heterocycles. The maximum absolute atomic E-state index is 12.6. The van der Waals surface area contributed by atoms with Gasteiger partial charge in [0.2, 0.25) is 5.91 Å². The summed E-state index contributed by atoms with van der Waals surface area (Å²) in [5.74, 6) is 1.42. The Bertz CT molecular complexity index is 819. The van der Waals surface area contributed by atoms with Gasteiger partial charge in [-0.2, -0.15) is 0 Å². The number of ether oxygens (including phenoxy) is 1. The van der Waals surface area contributed by atoms with Crippen LogP contribution in [0.15, 0.2) is 18.3 Å². The highest BCUT2D eigenvalue weighted by Crippen LogP contribution is 2.28. The zero-order valence-corrected chi connectivity index (χ0v) is 18.1. The topological polar surface area (TPSA) is 80.5 Å². The van der Waals surface area contributed by atoms with Gasteiger partial charge in [-0.25, -0.2) is 9.97 Å². The molecule has 0 radical (unpaired) electrons. The first-order chi connectivity index (χ1) is 13.8. The smallest absolute Gasteiger partial charge is 0.222 e. The van der Waals surface area contributed by atoms with Crippen molar-refractivity contribution in [2.45, 2.75) is 64.5 Å². The van der Waals surface area contributed by atoms with Crippen LogP contribution in [-0.4, -0.2) is 62.9 Å². The van der Waals surface area contributed by atoms with Crippen LogP contribution in [0.2, 0.25) is 0 Å². The van der Waals surface area contributed by atoms with Crippen molar-refractivity contribution in [1.82, 2.24) is 19.4 Å². The number of hydrogen-bond acceptors (Lipinski definition) is 5. The van der Waals surface area contributed by atoms with E-state index in [2.05, 4.69) is 16.5 Å². The molecule has 7 heteroatoms. The van der Waals surface area contributed by atoms with Gasteiger partial charge in [0.25, 0.3) is 0 Å². The van der Waals surface area contributed by atoms with Gasteiger partial charge in [-0.05, 0) is 58.1 Å². The summed E-state index contributed by atoms with van der Waals surface area (Å²) in [7, 11) is 1.70. The molecule has 1 fully saturated rings. The second-order valence-electron chi connectivity index (χ2n) is 8.71. The summed E-state index contributed by atoms with van der Waals surface area (Å²) in [6.07, 6.45) is 5.52. The van der Waals surface area contributed by atoms with Crippen LogP contribution < -0.4 is 0 Å². The Labute approximate surface area is 173 Å². The fourth-order valence-electron chi connectivity index (χ4n) is 4.32. The second kappa shape index (κ2) is 9.22. The molecule has 3 rings (SSSR count). The molecule has 2 aromatic rings. The number of aromatic nitrogens is 3. The SMILES string of the molecule is COCC(C)n1c(CCCC(=O)N2CCC(C(C)(C)O)CC2)nc2cccnc21. The molecule has 29 heavy (non-hydrogen) atoms. The van der Waals surface area contributed by atoms with Crippen molar-refractivity contribution in [2.75, 3.05) is 26.8 Å². The third-order valence-electron chi connectivity index (χ3n) is 6.01. The van der Waals surface area contributed by atoms with Gasteiger partial charge in [0.15, 0.2) is 5.65 Å². The van der Waals surface area contributed by atoms with E-state index in [0.717, 1.165) is 55.8 Å². The maximum Gasteiger partial charge on any atom is 0.222 e. The van der Waals surface area contributed by atoms with Gasteiger partial charge in [-0.15, -0.1) is 0 Å². The van der Waals surface area contributed by atoms with Crippen molar-refractivity contribution in [2.24, 2.45) is 5.92 Å². The molecule has 1 N–H and O–H groups in total. The molecule has 1 atom stereocenters. The molecule has 0 spiro atoms. The van der Waals surface area contributed by atoms with Crippen LogP contribution in [0, 0.1) is 5.92 Å². The standard InChI is InChI=1S/C22H34N4O3/c1-16(15-29-4)26-19(24-18-7-6-12-23-21(18)26)8-5-9-20(27)25-13-10-17(11-14-25)22(2,3)28/h6-7,12,16-17,28H,5,8-11,13-15H2,1-4H3. The van der Waals surface area contributed by atoms with E-state index in [4.69, 9.17) is 9.72 Å². The average Bonchev–Trinajstić information content (AvgIpc) is 3.06. The number of piperidine rings is 1. The molecule has 160 valence electrons. The molecule has 7 nitrogen and oxygen atoms in total. The van der Waals surface area contributed by atoms with Gasteiger partial charge in [-0.3, -0.25) is 4.79 Å². The minimum Gasteiger partial charge on any atom is -0.390 e. The Kier molecular flexibility index (Phi) is 6.90. The van der Waals surface area contributed by atoms with Crippen molar-refractivity contribution in [1.29, 1.82) is 0 Å². The zero-order chi connectivity index (χ0) is 21.0. The molecule has 1 amide bonds. The number of hydrogen-bond donors (Lipinski definition) is 1. The Morgan fingerprint density at radius 1 is 1.38 bits per heavy atom. The normalized spacial score (nSPS) is 17.1. The number of imidazole rings is 1. The number of fused-ring (bicyclic) bond motifs is 1. The summed E-state index contributed by atoms with van der Waals surface area (Å²) < 4.78 is 7.47. The summed E-state index contributed by atoms with van der Waals surface area (Å²) in [6.45, 7) is 7.88. The fourth-order valence-corrected chi connectivity index (χ4v) is 4.32. The molecule has 2 aromatic heterocycles. The number of nitrogens with zero attached hydrogens (tertiary/aromatic N) is 4. The van der Waals surface area contributed by atoms with Crippen LogP contribution in [0.1, 0.15) is 58.3 Å². The monoisotopic (exact) mass is 402 g/mol. The first-order valence-electron chi connectivity index (χ1n) is 10.6.